The molecule has 0 saturated heterocycles. The lowest BCUT2D eigenvalue weighted by Crippen LogP contribution is -2.08. The average molecular weight is 146 g/mol. The van der Waals surface area contributed by atoms with E-state index in [1.54, 1.807) is 0 Å². The van der Waals surface area contributed by atoms with Crippen LogP contribution in [0.5, 0.6) is 0 Å². The number of hydroxylamine groups is 1. The van der Waals surface area contributed by atoms with Crippen molar-refractivity contribution in [3.63, 3.8) is 0 Å². The number of hydrogen-bond donors (Lipinski definition) is 1. The fourth-order valence-corrected chi connectivity index (χ4v) is 0.532. The van der Waals surface area contributed by atoms with Gasteiger partial charge in [0.2, 0.25) is 0 Å². The minimum atomic E-state index is -0.498. The number of carbonyl (C=O) groups excluding carboxylic acids is 1. The van der Waals surface area contributed by atoms with Crippen LogP contribution in [0.25, 0.3) is 0 Å². The van der Waals surface area contributed by atoms with Crippen LogP contribution in [0.15, 0.2) is 24.1 Å². The molecular formula is C5H4ClNO2. The molecule has 4 heteroatoms. The monoisotopic (exact) mass is 145 g/mol. The minimum Gasteiger partial charge on any atom is -0.391 e. The Labute approximate surface area is 56.9 Å². The number of halogens is 1. The van der Waals surface area contributed by atoms with Gasteiger partial charge in [0.25, 0.3) is 5.24 Å². The van der Waals surface area contributed by atoms with Crippen LogP contribution < -0.4 is 5.48 Å². The summed E-state index contributed by atoms with van der Waals surface area (Å²) < 4.78 is 0. The molecule has 1 aliphatic rings. The third-order valence-electron chi connectivity index (χ3n) is 0.825. The molecule has 0 spiro atoms. The molecule has 0 unspecified atom stereocenters. The normalized spacial score (nSPS) is 15.4. The van der Waals surface area contributed by atoms with E-state index in [0.717, 1.165) is 0 Å². The molecule has 0 fully saturated rings. The summed E-state index contributed by atoms with van der Waals surface area (Å²) in [7, 11) is 0. The van der Waals surface area contributed by atoms with Gasteiger partial charge in [0.1, 0.15) is 6.26 Å². The van der Waals surface area contributed by atoms with Gasteiger partial charge in [0.15, 0.2) is 0 Å². The van der Waals surface area contributed by atoms with Gasteiger partial charge in [0.05, 0.1) is 5.57 Å². The first-order valence-corrected chi connectivity index (χ1v) is 2.66. The van der Waals surface area contributed by atoms with Crippen LogP contribution in [0, 0.1) is 0 Å². The highest BCUT2D eigenvalue weighted by atomic mass is 35.5. The molecule has 1 rings (SSSR count). The van der Waals surface area contributed by atoms with Gasteiger partial charge in [-0.05, 0) is 17.7 Å². The lowest BCUT2D eigenvalue weighted by Gasteiger charge is -2.03. The highest BCUT2D eigenvalue weighted by molar-refractivity contribution is 6.68. The fourth-order valence-electron chi connectivity index (χ4n) is 0.414. The molecule has 0 bridgehead atoms. The van der Waals surface area contributed by atoms with Crippen molar-refractivity contribution in [3.05, 3.63) is 24.1 Å². The molecule has 48 valence electrons. The van der Waals surface area contributed by atoms with Crippen molar-refractivity contribution in [2.45, 2.75) is 0 Å². The number of hydrogen-bond acceptors (Lipinski definition) is 3. The zero-order valence-electron chi connectivity index (χ0n) is 4.43. The first kappa shape index (κ1) is 6.16. The Morgan fingerprint density at radius 3 is 2.89 bits per heavy atom. The summed E-state index contributed by atoms with van der Waals surface area (Å²) in [5.41, 5.74) is 2.75. The third kappa shape index (κ3) is 1.47. The summed E-state index contributed by atoms with van der Waals surface area (Å²) in [6.07, 6.45) is 4.21. The predicted octanol–water partition coefficient (Wildman–Crippen LogP) is 0.684. The highest BCUT2D eigenvalue weighted by Crippen LogP contribution is 2.03. The Morgan fingerprint density at radius 2 is 2.56 bits per heavy atom. The van der Waals surface area contributed by atoms with Gasteiger partial charge in [-0.1, -0.05) is 0 Å². The van der Waals surface area contributed by atoms with Gasteiger partial charge in [-0.25, -0.2) is 5.48 Å². The molecule has 3 nitrogen and oxygen atoms in total. The molecular weight excluding hydrogens is 142 g/mol. The Kier molecular flexibility index (Phi) is 1.75. The molecule has 0 aromatic heterocycles. The van der Waals surface area contributed by atoms with E-state index in [2.05, 4.69) is 10.3 Å². The van der Waals surface area contributed by atoms with Crippen LogP contribution in [-0.4, -0.2) is 5.24 Å². The second-order valence-corrected chi connectivity index (χ2v) is 1.76. The van der Waals surface area contributed by atoms with Crippen molar-refractivity contribution < 1.29 is 9.63 Å². The molecule has 1 heterocycles. The van der Waals surface area contributed by atoms with E-state index < -0.39 is 5.24 Å². The molecule has 0 saturated carbocycles. The zero-order chi connectivity index (χ0) is 6.69. The van der Waals surface area contributed by atoms with Crippen molar-refractivity contribution in [1.29, 1.82) is 0 Å². The molecule has 9 heavy (non-hydrogen) atoms. The fraction of sp³-hybridized carbons (Fsp3) is 0. The Morgan fingerprint density at radius 1 is 1.78 bits per heavy atom. The quantitative estimate of drug-likeness (QED) is 0.552. The average Bonchev–Trinajstić information content (AvgIpc) is 1.90. The summed E-state index contributed by atoms with van der Waals surface area (Å²) in [6.45, 7) is 0. The van der Waals surface area contributed by atoms with Crippen molar-refractivity contribution in [1.82, 2.24) is 5.48 Å². The first-order chi connectivity index (χ1) is 4.30. The summed E-state index contributed by atoms with van der Waals surface area (Å²) in [5.74, 6) is 0. The number of nitrogens with one attached hydrogen (secondary N) is 1. The van der Waals surface area contributed by atoms with E-state index in [1.165, 1.54) is 18.5 Å². The smallest absolute Gasteiger partial charge is 0.254 e. The van der Waals surface area contributed by atoms with Crippen LogP contribution in [-0.2, 0) is 9.63 Å². The van der Waals surface area contributed by atoms with E-state index >= 15 is 0 Å². The highest BCUT2D eigenvalue weighted by Gasteiger charge is 2.03. The van der Waals surface area contributed by atoms with Crippen molar-refractivity contribution in [2.75, 3.05) is 0 Å². The van der Waals surface area contributed by atoms with Gasteiger partial charge in [0, 0.05) is 6.20 Å². The summed E-state index contributed by atoms with van der Waals surface area (Å²) in [5, 5.41) is -0.498. The van der Waals surface area contributed by atoms with E-state index in [9.17, 15) is 4.79 Å². The standard InChI is InChI=1S/C5H4ClNO2/c6-5(8)4-1-2-9-7-3-4/h1-3,7H. The minimum absolute atomic E-state index is 0.392. The van der Waals surface area contributed by atoms with Gasteiger partial charge in [-0.2, -0.15) is 0 Å². The second-order valence-electron chi connectivity index (χ2n) is 1.41. The molecule has 0 atom stereocenters. The summed E-state index contributed by atoms with van der Waals surface area (Å²) in [6, 6.07) is 0. The lowest BCUT2D eigenvalue weighted by atomic mass is 10.3. The maximum atomic E-state index is 10.3. The first-order valence-electron chi connectivity index (χ1n) is 2.28. The van der Waals surface area contributed by atoms with E-state index in [-0.39, 0.29) is 0 Å². The van der Waals surface area contributed by atoms with Gasteiger partial charge >= 0.3 is 0 Å². The summed E-state index contributed by atoms with van der Waals surface area (Å²) >= 11 is 5.10. The van der Waals surface area contributed by atoms with Crippen molar-refractivity contribution in [3.8, 4) is 0 Å². The Bertz CT molecular complexity index is 185. The lowest BCUT2D eigenvalue weighted by molar-refractivity contribution is -0.108. The number of carbonyl (C=O) groups is 1. The van der Waals surface area contributed by atoms with Gasteiger partial charge in [-0.15, -0.1) is 0 Å². The van der Waals surface area contributed by atoms with Crippen LogP contribution in [0.2, 0.25) is 0 Å². The molecule has 0 amide bonds. The molecule has 1 N–H and O–H groups in total. The Hall–Kier alpha value is -0.960. The van der Waals surface area contributed by atoms with Crippen LogP contribution in [0.1, 0.15) is 0 Å². The third-order valence-corrected chi connectivity index (χ3v) is 1.04. The zero-order valence-corrected chi connectivity index (χ0v) is 5.18. The van der Waals surface area contributed by atoms with E-state index in [0.29, 0.717) is 5.57 Å². The molecule has 0 aromatic carbocycles. The predicted molar refractivity (Wildman–Crippen MR) is 32.3 cm³/mol. The molecule has 0 radical (unpaired) electrons. The van der Waals surface area contributed by atoms with E-state index in [1.807, 2.05) is 0 Å². The topological polar surface area (TPSA) is 38.3 Å². The van der Waals surface area contributed by atoms with Crippen molar-refractivity contribution >= 4 is 16.8 Å². The largest absolute Gasteiger partial charge is 0.391 e. The van der Waals surface area contributed by atoms with Crippen LogP contribution in [0.4, 0.5) is 0 Å². The molecule has 0 aliphatic carbocycles. The SMILES string of the molecule is O=C(Cl)C1=CNOC=C1. The molecule has 0 aromatic rings. The Balaban J connectivity index is 2.69. The van der Waals surface area contributed by atoms with Gasteiger partial charge in [-0.3, -0.25) is 4.79 Å². The number of rotatable bonds is 1. The van der Waals surface area contributed by atoms with Gasteiger partial charge < -0.3 is 4.84 Å². The maximum absolute atomic E-state index is 10.3. The summed E-state index contributed by atoms with van der Waals surface area (Å²) in [4.78, 5) is 14.9. The second kappa shape index (κ2) is 2.55. The van der Waals surface area contributed by atoms with Crippen LogP contribution in [0.3, 0.4) is 0 Å². The van der Waals surface area contributed by atoms with Crippen LogP contribution >= 0.6 is 11.6 Å². The molecule has 1 aliphatic heterocycles. The van der Waals surface area contributed by atoms with Crippen molar-refractivity contribution in [2.24, 2.45) is 0 Å². The number of allylic oxidation sites excluding steroid dienone is 2. The maximum Gasteiger partial charge on any atom is 0.254 e. The van der Waals surface area contributed by atoms with E-state index in [4.69, 9.17) is 11.6 Å².